The summed E-state index contributed by atoms with van der Waals surface area (Å²) in [6.07, 6.45) is -1.84. The molecule has 0 radical (unpaired) electrons. The average molecular weight is 664 g/mol. The monoisotopic (exact) mass is 662 g/mol. The van der Waals surface area contributed by atoms with Gasteiger partial charge < -0.3 is 16.0 Å². The molecule has 2 aliphatic rings. The van der Waals surface area contributed by atoms with Gasteiger partial charge in [-0.25, -0.2) is 8.42 Å². The Balaban J connectivity index is 1.49. The van der Waals surface area contributed by atoms with Gasteiger partial charge in [-0.2, -0.15) is 13.2 Å². The van der Waals surface area contributed by atoms with Crippen molar-refractivity contribution in [3.63, 3.8) is 0 Å². The van der Waals surface area contributed by atoms with Gasteiger partial charge in [0.25, 0.3) is 5.91 Å². The third kappa shape index (κ3) is 8.63. The average Bonchev–Trinajstić information content (AvgIpc) is 2.96. The molecule has 236 valence electrons. The van der Waals surface area contributed by atoms with Gasteiger partial charge in [0.1, 0.15) is 0 Å². The molecule has 4 rings (SSSR count). The van der Waals surface area contributed by atoms with Crippen molar-refractivity contribution in [3.8, 4) is 0 Å². The fourth-order valence-electron chi connectivity index (χ4n) is 5.55. The van der Waals surface area contributed by atoms with Crippen LogP contribution in [0.3, 0.4) is 0 Å². The zero-order valence-corrected chi connectivity index (χ0v) is 26.0. The number of nitrogens with zero attached hydrogens (tertiary/aromatic N) is 1. The topological polar surface area (TPSA) is 108 Å². The Kier molecular flexibility index (Phi) is 11.0. The first-order valence-electron chi connectivity index (χ1n) is 14.2. The maximum atomic E-state index is 14.2. The van der Waals surface area contributed by atoms with Crippen LogP contribution in [0.15, 0.2) is 35.2 Å². The number of nitrogens with one attached hydrogen (secondary N) is 3. The van der Waals surface area contributed by atoms with Gasteiger partial charge in [0.2, 0.25) is 5.91 Å². The number of hydrogen-bond donors (Lipinski definition) is 3. The van der Waals surface area contributed by atoms with E-state index in [2.05, 4.69) is 16.0 Å². The number of carbonyl (C=O) groups excluding carboxylic acids is 2. The number of benzene rings is 2. The zero-order chi connectivity index (χ0) is 31.4. The van der Waals surface area contributed by atoms with Gasteiger partial charge in [-0.3, -0.25) is 14.5 Å². The normalized spacial score (nSPS) is 18.8. The number of piperidine rings is 2. The van der Waals surface area contributed by atoms with Gasteiger partial charge in [0.15, 0.2) is 9.84 Å². The Morgan fingerprint density at radius 2 is 1.81 bits per heavy atom. The lowest BCUT2D eigenvalue weighted by molar-refractivity contribution is -0.138. The number of alkyl halides is 3. The summed E-state index contributed by atoms with van der Waals surface area (Å²) in [6.45, 7) is 3.59. The lowest BCUT2D eigenvalue weighted by Gasteiger charge is -2.35. The van der Waals surface area contributed by atoms with Gasteiger partial charge >= 0.3 is 6.18 Å². The van der Waals surface area contributed by atoms with E-state index in [1.807, 2.05) is 4.90 Å². The number of amides is 2. The second-order valence-electron chi connectivity index (χ2n) is 10.9. The molecule has 0 aromatic heterocycles. The van der Waals surface area contributed by atoms with Crippen LogP contribution in [0.4, 0.5) is 13.2 Å². The van der Waals surface area contributed by atoms with Crippen molar-refractivity contribution < 1.29 is 31.2 Å². The van der Waals surface area contributed by atoms with Crippen molar-refractivity contribution in [2.24, 2.45) is 5.92 Å². The molecule has 0 bridgehead atoms. The van der Waals surface area contributed by atoms with Crippen LogP contribution >= 0.6 is 23.2 Å². The fraction of sp³-hybridized carbons (Fsp3) is 0.517. The molecule has 2 aromatic carbocycles. The summed E-state index contributed by atoms with van der Waals surface area (Å²) in [5.74, 6) is -1.11. The summed E-state index contributed by atoms with van der Waals surface area (Å²) in [5, 5.41) is 8.83. The van der Waals surface area contributed by atoms with Crippen LogP contribution in [-0.4, -0.2) is 63.1 Å². The van der Waals surface area contributed by atoms with E-state index >= 15 is 0 Å². The van der Waals surface area contributed by atoms with E-state index < -0.39 is 27.5 Å². The molecule has 2 amide bonds. The van der Waals surface area contributed by atoms with Crippen LogP contribution in [0, 0.1) is 5.92 Å². The van der Waals surface area contributed by atoms with Crippen molar-refractivity contribution in [2.45, 2.75) is 62.8 Å². The minimum absolute atomic E-state index is 0.0177. The van der Waals surface area contributed by atoms with Crippen LogP contribution in [0.25, 0.3) is 0 Å². The van der Waals surface area contributed by atoms with Gasteiger partial charge in [-0.05, 0) is 86.8 Å². The second-order valence-corrected chi connectivity index (χ2v) is 14.0. The second kappa shape index (κ2) is 14.2. The summed E-state index contributed by atoms with van der Waals surface area (Å²) in [6, 6.07) is 5.91. The minimum atomic E-state index is -4.79. The number of sulfone groups is 1. The van der Waals surface area contributed by atoms with Crippen LogP contribution in [-0.2, 0) is 33.9 Å². The number of carbonyl (C=O) groups is 2. The molecule has 2 fully saturated rings. The van der Waals surface area contributed by atoms with E-state index in [9.17, 15) is 31.2 Å². The lowest BCUT2D eigenvalue weighted by atomic mass is 9.95. The largest absolute Gasteiger partial charge is 0.416 e. The van der Waals surface area contributed by atoms with Crippen LogP contribution in [0.5, 0.6) is 0 Å². The summed E-state index contributed by atoms with van der Waals surface area (Å²) < 4.78 is 67.7. The summed E-state index contributed by atoms with van der Waals surface area (Å²) in [5.41, 5.74) is -1.27. The first-order valence-corrected chi connectivity index (χ1v) is 16.6. The molecule has 2 aliphatic heterocycles. The van der Waals surface area contributed by atoms with Gasteiger partial charge in [0.05, 0.1) is 16.2 Å². The minimum Gasteiger partial charge on any atom is -0.352 e. The predicted octanol–water partition coefficient (Wildman–Crippen LogP) is 4.82. The first-order chi connectivity index (χ1) is 20.3. The van der Waals surface area contributed by atoms with Crippen LogP contribution in [0.1, 0.15) is 59.7 Å². The van der Waals surface area contributed by atoms with E-state index in [1.165, 1.54) is 31.2 Å². The van der Waals surface area contributed by atoms with Crippen molar-refractivity contribution in [2.75, 3.05) is 31.9 Å². The Bertz CT molecular complexity index is 1450. The predicted molar refractivity (Wildman–Crippen MR) is 159 cm³/mol. The van der Waals surface area contributed by atoms with E-state index in [0.29, 0.717) is 19.5 Å². The molecule has 0 unspecified atom stereocenters. The van der Waals surface area contributed by atoms with Crippen molar-refractivity contribution in [3.05, 3.63) is 62.6 Å². The summed E-state index contributed by atoms with van der Waals surface area (Å²) in [7, 11) is -3.64. The molecule has 8 nitrogen and oxygen atoms in total. The molecular formula is C29H35Cl2F3N4O4S. The van der Waals surface area contributed by atoms with Gasteiger partial charge in [-0.15, -0.1) is 0 Å². The number of rotatable bonds is 9. The van der Waals surface area contributed by atoms with Crippen molar-refractivity contribution >= 4 is 44.9 Å². The number of likely N-dealkylation sites (tertiary alicyclic amines) is 1. The molecule has 14 heteroatoms. The van der Waals surface area contributed by atoms with E-state index in [-0.39, 0.29) is 68.3 Å². The number of hydrogen-bond acceptors (Lipinski definition) is 6. The molecule has 43 heavy (non-hydrogen) atoms. The standard InChI is InChI=1S/C29H35Cl2F3N4O4S/c1-2-43(41,42)26-6-5-21(30)12-20(26)15-36-27(39)19-13-24(29(32,33)34)23(25(31)14-19)17-38-11-3-4-22(16-38)37-28(40)18-7-9-35-10-8-18/h5-6,12-14,18,22,35H,2-4,7-11,15-17H2,1H3,(H,36,39)(H,37,40)/t22-/m0/s1. The lowest BCUT2D eigenvalue weighted by Crippen LogP contribution is -2.50. The van der Waals surface area contributed by atoms with Gasteiger partial charge in [0, 0.05) is 47.2 Å². The highest BCUT2D eigenvalue weighted by molar-refractivity contribution is 7.91. The third-order valence-electron chi connectivity index (χ3n) is 7.88. The Morgan fingerprint density at radius 1 is 1.09 bits per heavy atom. The highest BCUT2D eigenvalue weighted by atomic mass is 35.5. The van der Waals surface area contributed by atoms with E-state index in [4.69, 9.17) is 23.2 Å². The van der Waals surface area contributed by atoms with Crippen LogP contribution in [0.2, 0.25) is 10.0 Å². The number of halogens is 5. The molecule has 0 saturated carbocycles. The van der Waals surface area contributed by atoms with E-state index in [0.717, 1.165) is 38.4 Å². The molecular weight excluding hydrogens is 628 g/mol. The third-order valence-corrected chi connectivity index (χ3v) is 10.3. The Hall–Kier alpha value is -2.38. The fourth-order valence-corrected chi connectivity index (χ4v) is 7.14. The van der Waals surface area contributed by atoms with Crippen LogP contribution < -0.4 is 16.0 Å². The van der Waals surface area contributed by atoms with Crippen molar-refractivity contribution in [1.82, 2.24) is 20.9 Å². The Morgan fingerprint density at radius 3 is 2.49 bits per heavy atom. The smallest absolute Gasteiger partial charge is 0.352 e. The van der Waals surface area contributed by atoms with E-state index in [1.54, 1.807) is 0 Å². The summed E-state index contributed by atoms with van der Waals surface area (Å²) in [4.78, 5) is 27.5. The molecule has 0 spiro atoms. The SMILES string of the molecule is CCS(=O)(=O)c1ccc(Cl)cc1CNC(=O)c1cc(Cl)c(CN2CCC[C@H](NC(=O)C3CCNCC3)C2)c(C(F)(F)F)c1. The highest BCUT2D eigenvalue weighted by Gasteiger charge is 2.36. The molecule has 2 heterocycles. The quantitative estimate of drug-likeness (QED) is 0.356. The first kappa shape index (κ1) is 33.5. The Labute approximate surface area is 259 Å². The van der Waals surface area contributed by atoms with Crippen molar-refractivity contribution in [1.29, 1.82) is 0 Å². The molecule has 2 aromatic rings. The maximum Gasteiger partial charge on any atom is 0.416 e. The summed E-state index contributed by atoms with van der Waals surface area (Å²) >= 11 is 12.4. The van der Waals surface area contributed by atoms with Gasteiger partial charge in [-0.1, -0.05) is 30.1 Å². The molecule has 1 atom stereocenters. The zero-order valence-electron chi connectivity index (χ0n) is 23.7. The molecule has 3 N–H and O–H groups in total. The molecule has 0 aliphatic carbocycles. The maximum absolute atomic E-state index is 14.2. The highest BCUT2D eigenvalue weighted by Crippen LogP contribution is 2.37. The molecule has 2 saturated heterocycles.